The Labute approximate surface area is 130 Å². The van der Waals surface area contributed by atoms with Crippen molar-refractivity contribution in [1.29, 1.82) is 0 Å². The van der Waals surface area contributed by atoms with Gasteiger partial charge in [-0.05, 0) is 27.7 Å². The minimum Gasteiger partial charge on any atom is -0.466 e. The molecular formula is C14H23NO6S. The van der Waals surface area contributed by atoms with Crippen LogP contribution in [-0.2, 0) is 24.1 Å². The highest BCUT2D eigenvalue weighted by Gasteiger charge is 2.61. The van der Waals surface area contributed by atoms with E-state index in [0.29, 0.717) is 0 Å². The molecule has 0 bridgehead atoms. The normalized spacial score (nSPS) is 25.6. The molecule has 2 heterocycles. The van der Waals surface area contributed by atoms with Crippen molar-refractivity contribution in [3.8, 4) is 0 Å². The molecule has 0 unspecified atom stereocenters. The molecular weight excluding hydrogens is 310 g/mol. The number of sulfone groups is 1. The molecule has 126 valence electrons. The van der Waals surface area contributed by atoms with E-state index in [9.17, 15) is 18.0 Å². The molecule has 0 aromatic carbocycles. The molecule has 22 heavy (non-hydrogen) atoms. The summed E-state index contributed by atoms with van der Waals surface area (Å²) in [4.78, 5) is 25.5. The predicted molar refractivity (Wildman–Crippen MR) is 79.0 cm³/mol. The van der Waals surface area contributed by atoms with E-state index < -0.39 is 38.8 Å². The maximum absolute atomic E-state index is 12.0. The number of ether oxygens (including phenoxy) is 2. The van der Waals surface area contributed by atoms with Crippen molar-refractivity contribution in [3.05, 3.63) is 0 Å². The van der Waals surface area contributed by atoms with E-state index in [1.165, 1.54) is 4.90 Å². The number of hydrogen-bond acceptors (Lipinski definition) is 6. The van der Waals surface area contributed by atoms with E-state index in [-0.39, 0.29) is 31.2 Å². The molecule has 0 radical (unpaired) electrons. The van der Waals surface area contributed by atoms with E-state index in [4.69, 9.17) is 9.47 Å². The monoisotopic (exact) mass is 333 g/mol. The third kappa shape index (κ3) is 3.37. The molecule has 7 nitrogen and oxygen atoms in total. The topological polar surface area (TPSA) is 90.0 Å². The van der Waals surface area contributed by atoms with Gasteiger partial charge in [-0.15, -0.1) is 0 Å². The smallest absolute Gasteiger partial charge is 0.410 e. The Hall–Kier alpha value is -1.31. The highest BCUT2D eigenvalue weighted by Crippen LogP contribution is 2.46. The number of amides is 1. The second kappa shape index (κ2) is 5.40. The van der Waals surface area contributed by atoms with Gasteiger partial charge in [-0.25, -0.2) is 13.2 Å². The average Bonchev–Trinajstić information content (AvgIpc) is 2.57. The van der Waals surface area contributed by atoms with Crippen LogP contribution in [0.15, 0.2) is 0 Å². The average molecular weight is 333 g/mol. The molecule has 2 aliphatic heterocycles. The number of rotatable bonds is 2. The molecule has 0 aliphatic carbocycles. The van der Waals surface area contributed by atoms with Crippen molar-refractivity contribution in [3.63, 3.8) is 0 Å². The van der Waals surface area contributed by atoms with Crippen LogP contribution in [0.4, 0.5) is 4.79 Å². The van der Waals surface area contributed by atoms with Crippen molar-refractivity contribution >= 4 is 21.9 Å². The molecule has 0 saturated carbocycles. The molecule has 2 aliphatic rings. The van der Waals surface area contributed by atoms with Gasteiger partial charge >= 0.3 is 12.1 Å². The highest BCUT2D eigenvalue weighted by atomic mass is 32.2. The Morgan fingerprint density at radius 2 is 1.86 bits per heavy atom. The summed E-state index contributed by atoms with van der Waals surface area (Å²) in [5.41, 5.74) is -1.33. The van der Waals surface area contributed by atoms with E-state index in [0.717, 1.165) is 0 Å². The second-order valence-corrected chi connectivity index (χ2v) is 9.17. The molecule has 2 saturated heterocycles. The minimum atomic E-state index is -3.29. The molecule has 8 heteroatoms. The molecule has 1 spiro atoms. The lowest BCUT2D eigenvalue weighted by Crippen LogP contribution is -2.63. The van der Waals surface area contributed by atoms with E-state index >= 15 is 0 Å². The number of carbonyl (C=O) groups excluding carboxylic acids is 2. The third-order valence-corrected chi connectivity index (χ3v) is 5.76. The minimum absolute atomic E-state index is 0.0806. The van der Waals surface area contributed by atoms with Gasteiger partial charge in [-0.3, -0.25) is 4.79 Å². The summed E-state index contributed by atoms with van der Waals surface area (Å²) in [5, 5.41) is 0. The summed E-state index contributed by atoms with van der Waals surface area (Å²) in [5.74, 6) is -1.47. The fraction of sp³-hybridized carbons (Fsp3) is 0.857. The van der Waals surface area contributed by atoms with Crippen LogP contribution in [0.25, 0.3) is 0 Å². The zero-order valence-electron chi connectivity index (χ0n) is 13.4. The summed E-state index contributed by atoms with van der Waals surface area (Å²) < 4.78 is 34.1. The first kappa shape index (κ1) is 17.1. The Morgan fingerprint density at radius 1 is 1.27 bits per heavy atom. The van der Waals surface area contributed by atoms with E-state index in [1.54, 1.807) is 27.7 Å². The van der Waals surface area contributed by atoms with Gasteiger partial charge in [0.1, 0.15) is 5.60 Å². The zero-order valence-corrected chi connectivity index (χ0v) is 14.2. The van der Waals surface area contributed by atoms with Crippen LogP contribution in [0.3, 0.4) is 0 Å². The second-order valence-electron chi connectivity index (χ2n) is 7.06. The largest absolute Gasteiger partial charge is 0.466 e. The number of hydrogen-bond donors (Lipinski definition) is 0. The lowest BCUT2D eigenvalue weighted by molar-refractivity contribution is -0.155. The van der Waals surface area contributed by atoms with Crippen LogP contribution in [0.2, 0.25) is 0 Å². The maximum Gasteiger partial charge on any atom is 0.410 e. The molecule has 1 amide bonds. The lowest BCUT2D eigenvalue weighted by atomic mass is 9.72. The summed E-state index contributed by atoms with van der Waals surface area (Å²) in [6, 6.07) is 0. The predicted octanol–water partition coefficient (Wildman–Crippen LogP) is 0.831. The van der Waals surface area contributed by atoms with Gasteiger partial charge in [0.2, 0.25) is 0 Å². The molecule has 2 rings (SSSR count). The lowest BCUT2D eigenvalue weighted by Gasteiger charge is -2.49. The fourth-order valence-corrected chi connectivity index (χ4v) is 5.45. The summed E-state index contributed by atoms with van der Waals surface area (Å²) >= 11 is 0. The zero-order chi connectivity index (χ0) is 16.8. The SMILES string of the molecule is CCOC(=O)[C@@H]1CS(=O)(=O)CC12CN(C(=O)OC(C)(C)C)C2. The summed E-state index contributed by atoms with van der Waals surface area (Å²) in [7, 11) is -3.29. The molecule has 2 fully saturated rings. The van der Waals surface area contributed by atoms with Crippen molar-refractivity contribution in [2.45, 2.75) is 33.3 Å². The first-order valence-electron chi connectivity index (χ1n) is 7.33. The summed E-state index contributed by atoms with van der Waals surface area (Å²) in [6.07, 6.45) is -0.481. The Kier molecular flexibility index (Phi) is 4.18. The third-order valence-electron chi connectivity index (χ3n) is 3.90. The molecule has 1 atom stereocenters. The number of likely N-dealkylation sites (tertiary alicyclic amines) is 1. The van der Waals surface area contributed by atoms with Crippen LogP contribution in [-0.4, -0.2) is 62.2 Å². The van der Waals surface area contributed by atoms with Gasteiger partial charge in [0.25, 0.3) is 0 Å². The van der Waals surface area contributed by atoms with Gasteiger partial charge in [-0.1, -0.05) is 0 Å². The van der Waals surface area contributed by atoms with Crippen molar-refractivity contribution in [2.24, 2.45) is 11.3 Å². The fourth-order valence-electron chi connectivity index (χ4n) is 3.07. The Balaban J connectivity index is 2.08. The molecule has 0 aromatic rings. The van der Waals surface area contributed by atoms with Gasteiger partial charge in [0.05, 0.1) is 24.0 Å². The van der Waals surface area contributed by atoms with Crippen molar-refractivity contribution in [2.75, 3.05) is 31.2 Å². The Morgan fingerprint density at radius 3 is 2.36 bits per heavy atom. The number of esters is 1. The van der Waals surface area contributed by atoms with Crippen molar-refractivity contribution in [1.82, 2.24) is 4.90 Å². The quantitative estimate of drug-likeness (QED) is 0.695. The first-order valence-corrected chi connectivity index (χ1v) is 9.15. The van der Waals surface area contributed by atoms with Gasteiger partial charge in [0.15, 0.2) is 9.84 Å². The van der Waals surface area contributed by atoms with Gasteiger partial charge < -0.3 is 14.4 Å². The standard InChI is InChI=1S/C14H23NO6S/c1-5-20-11(16)10-6-22(18,19)9-14(10)7-15(8-14)12(17)21-13(2,3)4/h10H,5-9H2,1-4H3/t10-/m0/s1. The van der Waals surface area contributed by atoms with Crippen LogP contribution in [0, 0.1) is 11.3 Å². The van der Waals surface area contributed by atoms with Crippen LogP contribution in [0.1, 0.15) is 27.7 Å². The van der Waals surface area contributed by atoms with Crippen LogP contribution in [0.5, 0.6) is 0 Å². The van der Waals surface area contributed by atoms with Crippen LogP contribution >= 0.6 is 0 Å². The van der Waals surface area contributed by atoms with E-state index in [1.807, 2.05) is 0 Å². The van der Waals surface area contributed by atoms with Crippen LogP contribution < -0.4 is 0 Å². The van der Waals surface area contributed by atoms with Crippen molar-refractivity contribution < 1.29 is 27.5 Å². The molecule has 0 aromatic heterocycles. The number of carbonyl (C=O) groups is 2. The van der Waals surface area contributed by atoms with Gasteiger partial charge in [0, 0.05) is 18.5 Å². The van der Waals surface area contributed by atoms with E-state index in [2.05, 4.69) is 0 Å². The number of nitrogens with zero attached hydrogens (tertiary/aromatic N) is 1. The molecule has 0 N–H and O–H groups in total. The Bertz CT molecular complexity index is 571. The maximum atomic E-state index is 12.0. The highest BCUT2D eigenvalue weighted by molar-refractivity contribution is 7.91. The van der Waals surface area contributed by atoms with Gasteiger partial charge in [-0.2, -0.15) is 0 Å². The first-order chi connectivity index (χ1) is 9.98. The summed E-state index contributed by atoms with van der Waals surface area (Å²) in [6.45, 7) is 7.62.